The average Bonchev–Trinajstić information content (AvgIpc) is 2.83. The van der Waals surface area contributed by atoms with Crippen LogP contribution in [-0.2, 0) is 4.79 Å². The van der Waals surface area contributed by atoms with E-state index in [0.29, 0.717) is 24.2 Å². The van der Waals surface area contributed by atoms with E-state index >= 15 is 0 Å². The molecule has 35 heavy (non-hydrogen) atoms. The second kappa shape index (κ2) is 13.7. The molecule has 0 fully saturated rings. The number of hydrogen-bond acceptors (Lipinski definition) is 2. The van der Waals surface area contributed by atoms with E-state index in [2.05, 4.69) is 57.0 Å². The Kier molecular flexibility index (Phi) is 11.3. The summed E-state index contributed by atoms with van der Waals surface area (Å²) in [6, 6.07) is 0.249. The van der Waals surface area contributed by atoms with Crippen LogP contribution in [0.3, 0.4) is 0 Å². The fourth-order valence-corrected chi connectivity index (χ4v) is 6.57. The lowest BCUT2D eigenvalue weighted by Crippen LogP contribution is -2.41. The Morgan fingerprint density at radius 3 is 2.51 bits per heavy atom. The first-order valence-corrected chi connectivity index (χ1v) is 15.0. The molecule has 0 aromatic heterocycles. The summed E-state index contributed by atoms with van der Waals surface area (Å²) < 4.78 is 0. The molecule has 0 bridgehead atoms. The molecule has 3 rings (SSSR count). The first-order chi connectivity index (χ1) is 16.7. The van der Waals surface area contributed by atoms with Gasteiger partial charge in [0.2, 0.25) is 5.91 Å². The molecular formula is C30H48Cl2N2O. The van der Waals surface area contributed by atoms with Crippen molar-refractivity contribution in [3.8, 4) is 0 Å². The van der Waals surface area contributed by atoms with E-state index in [0.717, 1.165) is 43.3 Å². The van der Waals surface area contributed by atoms with Crippen molar-refractivity contribution in [2.24, 2.45) is 23.7 Å². The van der Waals surface area contributed by atoms with E-state index in [1.54, 1.807) is 0 Å². The highest BCUT2D eigenvalue weighted by Crippen LogP contribution is 2.37. The molecule has 4 unspecified atom stereocenters. The maximum atomic E-state index is 13.3. The molecule has 1 amide bonds. The van der Waals surface area contributed by atoms with Crippen molar-refractivity contribution in [3.05, 3.63) is 34.0 Å². The van der Waals surface area contributed by atoms with Gasteiger partial charge in [-0.1, -0.05) is 70.4 Å². The molecule has 1 N–H and O–H groups in total. The maximum absolute atomic E-state index is 13.3. The molecule has 3 nitrogen and oxygen atoms in total. The second-order valence-corrected chi connectivity index (χ2v) is 12.6. The number of carbonyl (C=O) groups is 1. The van der Waals surface area contributed by atoms with E-state index in [9.17, 15) is 4.79 Å². The Labute approximate surface area is 224 Å². The summed E-state index contributed by atoms with van der Waals surface area (Å²) in [6.45, 7) is 13.1. The predicted molar refractivity (Wildman–Crippen MR) is 151 cm³/mol. The number of amides is 1. The van der Waals surface area contributed by atoms with Gasteiger partial charge in [0, 0.05) is 42.2 Å². The molecule has 3 aliphatic carbocycles. The smallest absolute Gasteiger partial charge is 0.225 e. The first kappa shape index (κ1) is 28.8. The summed E-state index contributed by atoms with van der Waals surface area (Å²) in [4.78, 5) is 15.7. The Bertz CT molecular complexity index is 813. The van der Waals surface area contributed by atoms with E-state index in [1.165, 1.54) is 55.4 Å². The van der Waals surface area contributed by atoms with Crippen LogP contribution in [0.2, 0.25) is 0 Å². The summed E-state index contributed by atoms with van der Waals surface area (Å²) in [6.07, 6.45) is 15.4. The van der Waals surface area contributed by atoms with Gasteiger partial charge in [0.15, 0.2) is 0 Å². The van der Waals surface area contributed by atoms with Gasteiger partial charge in [-0.15, -0.1) is 11.6 Å². The summed E-state index contributed by atoms with van der Waals surface area (Å²) >= 11 is 12.8. The van der Waals surface area contributed by atoms with Crippen LogP contribution in [-0.4, -0.2) is 35.3 Å². The van der Waals surface area contributed by atoms with Crippen LogP contribution >= 0.6 is 23.2 Å². The molecule has 0 aliphatic heterocycles. The monoisotopic (exact) mass is 522 g/mol. The van der Waals surface area contributed by atoms with E-state index < -0.39 is 0 Å². The number of rotatable bonds is 10. The predicted octanol–water partition coefficient (Wildman–Crippen LogP) is 8.19. The lowest BCUT2D eigenvalue weighted by Gasteiger charge is -2.35. The molecular weight excluding hydrogens is 475 g/mol. The second-order valence-electron chi connectivity index (χ2n) is 11.7. The van der Waals surface area contributed by atoms with Crippen LogP contribution in [0.1, 0.15) is 98.8 Å². The lowest BCUT2D eigenvalue weighted by atomic mass is 9.77. The van der Waals surface area contributed by atoms with Crippen LogP contribution in [0.5, 0.6) is 0 Å². The molecule has 0 aromatic rings. The molecule has 0 saturated heterocycles. The fourth-order valence-electron chi connectivity index (χ4n) is 6.12. The van der Waals surface area contributed by atoms with Crippen LogP contribution in [0.15, 0.2) is 34.0 Å². The molecule has 0 saturated carbocycles. The highest BCUT2D eigenvalue weighted by Gasteiger charge is 2.29. The highest BCUT2D eigenvalue weighted by molar-refractivity contribution is 6.37. The molecule has 0 heterocycles. The van der Waals surface area contributed by atoms with Crippen LogP contribution < -0.4 is 5.32 Å². The van der Waals surface area contributed by atoms with E-state index in [-0.39, 0.29) is 17.3 Å². The van der Waals surface area contributed by atoms with Crippen LogP contribution in [0, 0.1) is 23.7 Å². The zero-order chi connectivity index (χ0) is 25.5. The summed E-state index contributed by atoms with van der Waals surface area (Å²) in [5, 5.41) is 4.10. The third kappa shape index (κ3) is 8.11. The van der Waals surface area contributed by atoms with Crippen LogP contribution in [0.25, 0.3) is 0 Å². The van der Waals surface area contributed by atoms with Crippen molar-refractivity contribution in [1.29, 1.82) is 0 Å². The topological polar surface area (TPSA) is 32.3 Å². The largest absolute Gasteiger partial charge is 0.329 e. The van der Waals surface area contributed by atoms with Gasteiger partial charge >= 0.3 is 0 Å². The van der Waals surface area contributed by atoms with E-state index in [4.69, 9.17) is 23.2 Å². The van der Waals surface area contributed by atoms with Crippen molar-refractivity contribution in [2.45, 2.75) is 110 Å². The average molecular weight is 524 g/mol. The van der Waals surface area contributed by atoms with Crippen molar-refractivity contribution in [2.75, 3.05) is 13.1 Å². The highest BCUT2D eigenvalue weighted by atomic mass is 35.5. The summed E-state index contributed by atoms with van der Waals surface area (Å²) in [5.41, 5.74) is 4.20. The van der Waals surface area contributed by atoms with Gasteiger partial charge in [0.1, 0.15) is 0 Å². The Balaban J connectivity index is 1.70. The zero-order valence-corrected chi connectivity index (χ0v) is 24.2. The summed E-state index contributed by atoms with van der Waals surface area (Å²) in [5.74, 6) is 2.46. The van der Waals surface area contributed by atoms with Gasteiger partial charge in [-0.2, -0.15) is 0 Å². The number of alkyl halides is 1. The fraction of sp³-hybridized carbons (Fsp3) is 0.767. The van der Waals surface area contributed by atoms with Gasteiger partial charge in [0.05, 0.1) is 5.38 Å². The summed E-state index contributed by atoms with van der Waals surface area (Å²) in [7, 11) is 0. The van der Waals surface area contributed by atoms with E-state index in [1.807, 2.05) is 0 Å². The zero-order valence-electron chi connectivity index (χ0n) is 22.7. The number of nitrogens with zero attached hydrogens (tertiary/aromatic N) is 1. The number of carbonyl (C=O) groups excluding carboxylic acids is 1. The Morgan fingerprint density at radius 1 is 1.14 bits per heavy atom. The lowest BCUT2D eigenvalue weighted by molar-refractivity contribution is -0.121. The number of hydrogen-bond donors (Lipinski definition) is 1. The Hall–Kier alpha value is -0.770. The molecule has 0 radical (unpaired) electrons. The normalized spacial score (nSPS) is 27.9. The molecule has 5 heteroatoms. The third-order valence-electron chi connectivity index (χ3n) is 8.51. The first-order valence-electron chi connectivity index (χ1n) is 14.2. The standard InChI is InChI=1S/C30H48Cl2N2O/c1-6-22-10-12-23(13-11-22)19-34(24-14-15-27(31)28(32)18-24)17-16-29(35)33-30-25(20(2)3)8-7-9-26(30)21(4)5/h12,18,20-22,24-25,27H,6-11,13-17,19H2,1-5H3,(H,33,35). The van der Waals surface area contributed by atoms with Crippen molar-refractivity contribution < 1.29 is 4.79 Å². The number of nitrogens with one attached hydrogen (secondary N) is 1. The minimum absolute atomic E-state index is 0.0714. The number of halogens is 2. The molecule has 3 aliphatic rings. The molecule has 4 atom stereocenters. The minimum Gasteiger partial charge on any atom is -0.329 e. The molecule has 0 spiro atoms. The van der Waals surface area contributed by atoms with Gasteiger partial charge in [-0.25, -0.2) is 0 Å². The number of allylic oxidation sites excluding steroid dienone is 4. The van der Waals surface area contributed by atoms with Gasteiger partial charge < -0.3 is 5.32 Å². The molecule has 0 aromatic carbocycles. The SMILES string of the molecule is CCC1CC=C(CN(CCC(=O)NC2=C(C(C)C)CCCC2C(C)C)C2C=C(Cl)C(Cl)CC2)CC1. The van der Waals surface area contributed by atoms with Crippen molar-refractivity contribution in [1.82, 2.24) is 10.2 Å². The third-order valence-corrected chi connectivity index (χ3v) is 9.47. The Morgan fingerprint density at radius 2 is 1.91 bits per heavy atom. The van der Waals surface area contributed by atoms with Crippen molar-refractivity contribution in [3.63, 3.8) is 0 Å². The molecule has 198 valence electrons. The maximum Gasteiger partial charge on any atom is 0.225 e. The van der Waals surface area contributed by atoms with Gasteiger partial charge in [0.25, 0.3) is 0 Å². The minimum atomic E-state index is -0.0714. The van der Waals surface area contributed by atoms with Crippen LogP contribution in [0.4, 0.5) is 0 Å². The quantitative estimate of drug-likeness (QED) is 0.231. The van der Waals surface area contributed by atoms with Gasteiger partial charge in [-0.05, 0) is 74.7 Å². The van der Waals surface area contributed by atoms with Gasteiger partial charge in [-0.3, -0.25) is 9.69 Å². The van der Waals surface area contributed by atoms with Crippen molar-refractivity contribution >= 4 is 29.1 Å².